The Morgan fingerprint density at radius 1 is 1.26 bits per heavy atom. The maximum Gasteiger partial charge on any atom is 0.338 e. The van der Waals surface area contributed by atoms with Crippen molar-refractivity contribution in [3.63, 3.8) is 0 Å². The number of hydrogen-bond donors (Lipinski definition) is 1. The van der Waals surface area contributed by atoms with Gasteiger partial charge < -0.3 is 19.3 Å². The zero-order valence-electron chi connectivity index (χ0n) is 21.0. The van der Waals surface area contributed by atoms with Gasteiger partial charge in [-0.05, 0) is 73.8 Å². The zero-order valence-corrected chi connectivity index (χ0v) is 21.0. The number of aliphatic hydroxyl groups is 1. The molecule has 35 heavy (non-hydrogen) atoms. The van der Waals surface area contributed by atoms with Gasteiger partial charge in [0.25, 0.3) is 0 Å². The van der Waals surface area contributed by atoms with Crippen LogP contribution < -0.4 is 4.74 Å². The first-order valence-corrected chi connectivity index (χ1v) is 12.7. The number of methoxy groups -OCH3 is 1. The highest BCUT2D eigenvalue weighted by atomic mass is 16.7. The number of rotatable bonds is 5. The van der Waals surface area contributed by atoms with Gasteiger partial charge in [0.1, 0.15) is 11.9 Å². The highest BCUT2D eigenvalue weighted by Gasteiger charge is 2.64. The lowest BCUT2D eigenvalue weighted by molar-refractivity contribution is -0.133. The number of fused-ring (bicyclic) bond motifs is 5. The Hall–Kier alpha value is -2.44. The minimum Gasteiger partial charge on any atom is -0.468 e. The standard InChI is InChI=1S/C29H36O6/c1-17-12-23-22-9-8-19-14-20(30)10-11-28(19,2)25(22)24(31)15-29(23,3)26(17)35-27(32)18-6-5-7-21(13-18)34-16-33-4/h5-7,10-11,13-14,17,22-26,31H,8-9,12,15-16H2,1-4H3. The number of hydrogen-bond acceptors (Lipinski definition) is 6. The molecule has 0 saturated heterocycles. The SMILES string of the molecule is COCOc1cccc(C(=O)OC2C(C)CC3C4CCC5=CC(=O)C=CC5(C)C4C(O)CC32C)c1. The van der Waals surface area contributed by atoms with Crippen molar-refractivity contribution in [1.82, 2.24) is 0 Å². The largest absolute Gasteiger partial charge is 0.468 e. The number of carbonyl (C=O) groups is 2. The molecule has 0 spiro atoms. The molecule has 1 N–H and O–H groups in total. The van der Waals surface area contributed by atoms with E-state index in [1.165, 1.54) is 0 Å². The molecule has 0 aliphatic heterocycles. The van der Waals surface area contributed by atoms with Crippen LogP contribution in [0.2, 0.25) is 0 Å². The molecule has 0 aromatic heterocycles. The van der Waals surface area contributed by atoms with Crippen LogP contribution in [0.3, 0.4) is 0 Å². The van der Waals surface area contributed by atoms with E-state index < -0.39 is 6.10 Å². The van der Waals surface area contributed by atoms with E-state index in [4.69, 9.17) is 14.2 Å². The van der Waals surface area contributed by atoms with Crippen molar-refractivity contribution in [1.29, 1.82) is 0 Å². The van der Waals surface area contributed by atoms with Gasteiger partial charge in [-0.15, -0.1) is 0 Å². The normalized spacial score (nSPS) is 39.8. The van der Waals surface area contributed by atoms with Gasteiger partial charge in [0.05, 0.1) is 11.7 Å². The first kappa shape index (κ1) is 24.3. The molecule has 6 nitrogen and oxygen atoms in total. The molecule has 0 heterocycles. The maximum atomic E-state index is 13.2. The third-order valence-corrected chi connectivity index (χ3v) is 9.37. The van der Waals surface area contributed by atoms with Crippen molar-refractivity contribution in [3.8, 4) is 5.75 Å². The summed E-state index contributed by atoms with van der Waals surface area (Å²) in [5, 5.41) is 11.5. The van der Waals surface area contributed by atoms with E-state index in [0.29, 0.717) is 29.6 Å². The van der Waals surface area contributed by atoms with Crippen molar-refractivity contribution >= 4 is 11.8 Å². The minimum absolute atomic E-state index is 0.0456. The molecule has 8 unspecified atom stereocenters. The molecule has 4 aliphatic rings. The van der Waals surface area contributed by atoms with Gasteiger partial charge in [-0.2, -0.15) is 0 Å². The van der Waals surface area contributed by atoms with E-state index in [0.717, 1.165) is 24.8 Å². The quantitative estimate of drug-likeness (QED) is 0.485. The molecule has 1 aromatic rings. The van der Waals surface area contributed by atoms with Crippen LogP contribution in [0, 0.1) is 34.5 Å². The molecule has 8 atom stereocenters. The summed E-state index contributed by atoms with van der Waals surface area (Å²) in [6, 6.07) is 6.97. The summed E-state index contributed by atoms with van der Waals surface area (Å²) in [7, 11) is 1.55. The summed E-state index contributed by atoms with van der Waals surface area (Å²) in [6.45, 7) is 6.65. The Balaban J connectivity index is 1.39. The second-order valence-corrected chi connectivity index (χ2v) is 11.4. The van der Waals surface area contributed by atoms with Gasteiger partial charge in [-0.1, -0.05) is 38.5 Å². The number of allylic oxidation sites excluding steroid dienone is 4. The first-order chi connectivity index (χ1) is 16.7. The topological polar surface area (TPSA) is 82.1 Å². The molecule has 6 heteroatoms. The molecule has 4 aliphatic carbocycles. The van der Waals surface area contributed by atoms with Crippen LogP contribution in [0.15, 0.2) is 48.1 Å². The lowest BCUT2D eigenvalue weighted by Gasteiger charge is -2.58. The summed E-state index contributed by atoms with van der Waals surface area (Å²) in [5.41, 5.74) is 1.01. The van der Waals surface area contributed by atoms with Crippen LogP contribution in [0.1, 0.15) is 56.8 Å². The lowest BCUT2D eigenvalue weighted by atomic mass is 9.47. The number of ether oxygens (including phenoxy) is 3. The van der Waals surface area contributed by atoms with Gasteiger partial charge in [0, 0.05) is 23.9 Å². The minimum atomic E-state index is -0.523. The van der Waals surface area contributed by atoms with Crippen LogP contribution in [0.25, 0.3) is 0 Å². The van der Waals surface area contributed by atoms with E-state index in [2.05, 4.69) is 20.8 Å². The summed E-state index contributed by atoms with van der Waals surface area (Å²) >= 11 is 0. The lowest BCUT2D eigenvalue weighted by Crippen LogP contribution is -2.57. The Kier molecular flexibility index (Phi) is 6.17. The summed E-state index contributed by atoms with van der Waals surface area (Å²) < 4.78 is 16.6. The predicted molar refractivity (Wildman–Crippen MR) is 131 cm³/mol. The van der Waals surface area contributed by atoms with Gasteiger partial charge in [0.2, 0.25) is 0 Å². The van der Waals surface area contributed by atoms with Crippen LogP contribution >= 0.6 is 0 Å². The molecule has 0 radical (unpaired) electrons. The molecular weight excluding hydrogens is 444 g/mol. The molecule has 0 amide bonds. The Labute approximate surface area is 207 Å². The predicted octanol–water partition coefficient (Wildman–Crippen LogP) is 4.72. The number of ketones is 1. The summed E-state index contributed by atoms with van der Waals surface area (Å²) in [5.74, 6) is 1.17. The van der Waals surface area contributed by atoms with Crippen molar-refractivity contribution in [3.05, 3.63) is 53.6 Å². The maximum absolute atomic E-state index is 13.2. The van der Waals surface area contributed by atoms with Crippen LogP contribution in [-0.4, -0.2) is 43.0 Å². The van der Waals surface area contributed by atoms with Gasteiger partial charge in [0.15, 0.2) is 12.6 Å². The molecule has 3 saturated carbocycles. The fraction of sp³-hybridized carbons (Fsp3) is 0.586. The van der Waals surface area contributed by atoms with Crippen LogP contribution in [0.5, 0.6) is 5.75 Å². The van der Waals surface area contributed by atoms with E-state index in [-0.39, 0.29) is 47.3 Å². The molecule has 0 bridgehead atoms. The van der Waals surface area contributed by atoms with E-state index in [1.54, 1.807) is 43.5 Å². The summed E-state index contributed by atoms with van der Waals surface area (Å²) in [6.07, 6.45) is 8.07. The number of benzene rings is 1. The fourth-order valence-electron chi connectivity index (χ4n) is 7.92. The van der Waals surface area contributed by atoms with Crippen molar-refractivity contribution in [2.45, 2.75) is 58.7 Å². The molecule has 5 rings (SSSR count). The van der Waals surface area contributed by atoms with E-state index >= 15 is 0 Å². The van der Waals surface area contributed by atoms with Crippen molar-refractivity contribution in [2.75, 3.05) is 13.9 Å². The second-order valence-electron chi connectivity index (χ2n) is 11.4. The summed E-state index contributed by atoms with van der Waals surface area (Å²) in [4.78, 5) is 25.2. The average Bonchev–Trinajstić information content (AvgIpc) is 3.07. The number of aliphatic hydroxyl groups excluding tert-OH is 1. The van der Waals surface area contributed by atoms with Crippen molar-refractivity contribution < 1.29 is 28.9 Å². The molecule has 1 aromatic carbocycles. The van der Waals surface area contributed by atoms with Gasteiger partial charge >= 0.3 is 5.97 Å². The smallest absolute Gasteiger partial charge is 0.338 e. The third kappa shape index (κ3) is 3.95. The van der Waals surface area contributed by atoms with E-state index in [1.807, 2.05) is 6.08 Å². The Morgan fingerprint density at radius 3 is 2.83 bits per heavy atom. The Morgan fingerprint density at radius 2 is 2.06 bits per heavy atom. The highest BCUT2D eigenvalue weighted by molar-refractivity contribution is 6.01. The van der Waals surface area contributed by atoms with Crippen LogP contribution in [-0.2, 0) is 14.3 Å². The third-order valence-electron chi connectivity index (χ3n) is 9.37. The second kappa shape index (κ2) is 8.90. The first-order valence-electron chi connectivity index (χ1n) is 12.7. The molecule has 188 valence electrons. The fourth-order valence-corrected chi connectivity index (χ4v) is 7.92. The number of carbonyl (C=O) groups excluding carboxylic acids is 2. The monoisotopic (exact) mass is 480 g/mol. The Bertz CT molecular complexity index is 1070. The number of esters is 1. The van der Waals surface area contributed by atoms with Crippen molar-refractivity contribution in [2.24, 2.45) is 34.5 Å². The van der Waals surface area contributed by atoms with Gasteiger partial charge in [-0.25, -0.2) is 4.79 Å². The molecular formula is C29H36O6. The van der Waals surface area contributed by atoms with Gasteiger partial charge in [-0.3, -0.25) is 4.79 Å². The van der Waals surface area contributed by atoms with Crippen LogP contribution in [0.4, 0.5) is 0 Å². The highest BCUT2D eigenvalue weighted by Crippen LogP contribution is 2.65. The average molecular weight is 481 g/mol. The molecule has 3 fully saturated rings. The van der Waals surface area contributed by atoms with E-state index in [9.17, 15) is 14.7 Å². The zero-order chi connectivity index (χ0) is 25.0.